The van der Waals surface area contributed by atoms with E-state index in [9.17, 15) is 5.11 Å². The highest BCUT2D eigenvalue weighted by Crippen LogP contribution is 2.17. The quantitative estimate of drug-likeness (QED) is 0.266. The molecule has 0 amide bonds. The molecule has 8 heteroatoms. The zero-order chi connectivity index (χ0) is 19.1. The van der Waals surface area contributed by atoms with Crippen molar-refractivity contribution < 1.29 is 9.52 Å². The second-order valence-corrected chi connectivity index (χ2v) is 6.16. The molecule has 0 fully saturated rings. The minimum absolute atomic E-state index is 0. The Hall–Kier alpha value is -2.33. The van der Waals surface area contributed by atoms with E-state index in [0.717, 1.165) is 17.8 Å². The minimum Gasteiger partial charge on any atom is -0.467 e. The number of rotatable bonds is 7. The third-order valence-corrected chi connectivity index (χ3v) is 4.13. The van der Waals surface area contributed by atoms with E-state index < -0.39 is 6.10 Å². The molecule has 0 radical (unpaired) electrons. The number of hydrogen-bond donors (Lipinski definition) is 3. The van der Waals surface area contributed by atoms with Crippen LogP contribution in [0.15, 0.2) is 70.5 Å². The summed E-state index contributed by atoms with van der Waals surface area (Å²) in [7, 11) is 0. The topological polar surface area (TPSA) is 87.6 Å². The zero-order valence-electron chi connectivity index (χ0n) is 15.9. The molecular formula is C20H26IN5O2. The molecule has 0 aliphatic heterocycles. The van der Waals surface area contributed by atoms with Crippen LogP contribution in [-0.4, -0.2) is 33.9 Å². The van der Waals surface area contributed by atoms with Gasteiger partial charge in [0.2, 0.25) is 0 Å². The summed E-state index contributed by atoms with van der Waals surface area (Å²) >= 11 is 0. The van der Waals surface area contributed by atoms with Crippen LogP contribution in [0, 0.1) is 0 Å². The molecule has 0 aliphatic rings. The molecule has 28 heavy (non-hydrogen) atoms. The van der Waals surface area contributed by atoms with Crippen molar-refractivity contribution >= 4 is 29.9 Å². The molecule has 3 aromatic rings. The number of halogens is 1. The Morgan fingerprint density at radius 3 is 2.82 bits per heavy atom. The molecule has 0 aliphatic carbocycles. The average molecular weight is 495 g/mol. The molecular weight excluding hydrogens is 469 g/mol. The van der Waals surface area contributed by atoms with E-state index in [1.807, 2.05) is 36.0 Å². The van der Waals surface area contributed by atoms with Gasteiger partial charge in [0.05, 0.1) is 24.5 Å². The van der Waals surface area contributed by atoms with Crippen LogP contribution in [0.2, 0.25) is 0 Å². The number of furan rings is 1. The van der Waals surface area contributed by atoms with Gasteiger partial charge in [0.1, 0.15) is 11.9 Å². The first-order valence-corrected chi connectivity index (χ1v) is 9.03. The van der Waals surface area contributed by atoms with E-state index in [1.165, 1.54) is 0 Å². The van der Waals surface area contributed by atoms with E-state index in [2.05, 4.69) is 39.8 Å². The summed E-state index contributed by atoms with van der Waals surface area (Å²) in [6, 6.07) is 13.6. The summed E-state index contributed by atoms with van der Waals surface area (Å²) < 4.78 is 7.05. The van der Waals surface area contributed by atoms with Gasteiger partial charge in [-0.1, -0.05) is 12.1 Å². The first kappa shape index (κ1) is 22.0. The lowest BCUT2D eigenvalue weighted by Gasteiger charge is -2.19. The Morgan fingerprint density at radius 1 is 1.29 bits per heavy atom. The molecule has 0 bridgehead atoms. The maximum Gasteiger partial charge on any atom is 0.191 e. The van der Waals surface area contributed by atoms with E-state index in [1.54, 1.807) is 24.6 Å². The lowest BCUT2D eigenvalue weighted by atomic mass is 10.1. The Bertz CT molecular complexity index is 849. The number of guanidine groups is 1. The van der Waals surface area contributed by atoms with Crippen molar-refractivity contribution in [1.82, 2.24) is 20.4 Å². The molecule has 150 valence electrons. The standard InChI is InChI=1S/C20H25N5O2.HI/c1-3-21-20(22-14-18(26)19-9-5-12-27-19)24-15(2)16-7-4-8-17(13-16)25-11-6-10-23-25;/h4-13,15,18,26H,3,14H2,1-2H3,(H2,21,22,24);1H. The number of aliphatic imine (C=N–C) groups is 1. The van der Waals surface area contributed by atoms with Crippen molar-refractivity contribution in [2.24, 2.45) is 4.99 Å². The van der Waals surface area contributed by atoms with Crippen LogP contribution in [0.1, 0.15) is 37.3 Å². The Morgan fingerprint density at radius 2 is 2.14 bits per heavy atom. The molecule has 1 aromatic carbocycles. The molecule has 0 spiro atoms. The Kier molecular flexibility index (Phi) is 8.52. The third kappa shape index (κ3) is 5.83. The predicted octanol–water partition coefficient (Wildman–Crippen LogP) is 3.43. The molecule has 2 aromatic heterocycles. The SMILES string of the molecule is CCNC(=NCC(O)c1ccco1)NC(C)c1cccc(-n2cccn2)c1.I. The van der Waals surface area contributed by atoms with Crippen molar-refractivity contribution in [3.8, 4) is 5.69 Å². The van der Waals surface area contributed by atoms with Crippen molar-refractivity contribution in [3.05, 3.63) is 72.4 Å². The van der Waals surface area contributed by atoms with Gasteiger partial charge in [0.25, 0.3) is 0 Å². The molecule has 3 rings (SSSR count). The summed E-state index contributed by atoms with van der Waals surface area (Å²) in [5, 5.41) is 21.0. The fourth-order valence-electron chi connectivity index (χ4n) is 2.72. The second kappa shape index (κ2) is 10.9. The van der Waals surface area contributed by atoms with Crippen LogP contribution in [0.5, 0.6) is 0 Å². The fourth-order valence-corrected chi connectivity index (χ4v) is 2.72. The molecule has 2 unspecified atom stereocenters. The van der Waals surface area contributed by atoms with Gasteiger partial charge in [-0.2, -0.15) is 5.10 Å². The van der Waals surface area contributed by atoms with Gasteiger partial charge in [-0.3, -0.25) is 4.99 Å². The number of hydrogen-bond acceptors (Lipinski definition) is 4. The smallest absolute Gasteiger partial charge is 0.191 e. The van der Waals surface area contributed by atoms with Gasteiger partial charge < -0.3 is 20.2 Å². The van der Waals surface area contributed by atoms with Crippen LogP contribution in [-0.2, 0) is 0 Å². The zero-order valence-corrected chi connectivity index (χ0v) is 18.3. The first-order valence-electron chi connectivity index (χ1n) is 9.03. The number of nitrogens with zero attached hydrogens (tertiary/aromatic N) is 3. The van der Waals surface area contributed by atoms with Crippen LogP contribution >= 0.6 is 24.0 Å². The van der Waals surface area contributed by atoms with Gasteiger partial charge >= 0.3 is 0 Å². The van der Waals surface area contributed by atoms with Crippen LogP contribution in [0.3, 0.4) is 0 Å². The van der Waals surface area contributed by atoms with E-state index >= 15 is 0 Å². The van der Waals surface area contributed by atoms with Gasteiger partial charge in [-0.05, 0) is 49.7 Å². The number of nitrogens with one attached hydrogen (secondary N) is 2. The van der Waals surface area contributed by atoms with Crippen molar-refractivity contribution in [1.29, 1.82) is 0 Å². The predicted molar refractivity (Wildman–Crippen MR) is 120 cm³/mol. The first-order chi connectivity index (χ1) is 13.2. The normalized spacial score (nSPS) is 13.5. The van der Waals surface area contributed by atoms with Crippen molar-refractivity contribution in [2.75, 3.05) is 13.1 Å². The molecule has 3 N–H and O–H groups in total. The van der Waals surface area contributed by atoms with Crippen molar-refractivity contribution in [2.45, 2.75) is 26.0 Å². The highest BCUT2D eigenvalue weighted by molar-refractivity contribution is 14.0. The summed E-state index contributed by atoms with van der Waals surface area (Å²) in [5.41, 5.74) is 2.11. The Labute approximate surface area is 181 Å². The van der Waals surface area contributed by atoms with Gasteiger partial charge in [-0.25, -0.2) is 4.68 Å². The molecule has 0 saturated carbocycles. The summed E-state index contributed by atoms with van der Waals surface area (Å²) in [5.74, 6) is 1.15. The van der Waals surface area contributed by atoms with Crippen LogP contribution < -0.4 is 10.6 Å². The lowest BCUT2D eigenvalue weighted by molar-refractivity contribution is 0.158. The summed E-state index contributed by atoms with van der Waals surface area (Å²) in [6.45, 7) is 5.01. The van der Waals surface area contributed by atoms with Gasteiger partial charge in [-0.15, -0.1) is 24.0 Å². The molecule has 0 saturated heterocycles. The molecule has 7 nitrogen and oxygen atoms in total. The van der Waals surface area contributed by atoms with E-state index in [4.69, 9.17) is 4.42 Å². The Balaban J connectivity index is 0.00000280. The summed E-state index contributed by atoms with van der Waals surface area (Å²) in [4.78, 5) is 4.47. The largest absolute Gasteiger partial charge is 0.467 e. The average Bonchev–Trinajstić information content (AvgIpc) is 3.40. The lowest BCUT2D eigenvalue weighted by Crippen LogP contribution is -2.39. The minimum atomic E-state index is -0.770. The van der Waals surface area contributed by atoms with E-state index in [-0.39, 0.29) is 36.6 Å². The van der Waals surface area contributed by atoms with E-state index in [0.29, 0.717) is 11.7 Å². The number of aromatic nitrogens is 2. The number of benzene rings is 1. The van der Waals surface area contributed by atoms with Crippen LogP contribution in [0.25, 0.3) is 5.69 Å². The maximum atomic E-state index is 10.2. The molecule has 2 heterocycles. The summed E-state index contributed by atoms with van der Waals surface area (Å²) in [6.07, 6.45) is 4.45. The molecule has 2 atom stereocenters. The van der Waals surface area contributed by atoms with Crippen LogP contribution in [0.4, 0.5) is 0 Å². The fraction of sp³-hybridized carbons (Fsp3) is 0.300. The highest BCUT2D eigenvalue weighted by atomic mass is 127. The maximum absolute atomic E-state index is 10.2. The monoisotopic (exact) mass is 495 g/mol. The highest BCUT2D eigenvalue weighted by Gasteiger charge is 2.12. The second-order valence-electron chi connectivity index (χ2n) is 6.16. The van der Waals surface area contributed by atoms with Crippen molar-refractivity contribution in [3.63, 3.8) is 0 Å². The van der Waals surface area contributed by atoms with Gasteiger partial charge in [0, 0.05) is 18.9 Å². The third-order valence-electron chi connectivity index (χ3n) is 4.13. The number of aliphatic hydroxyl groups excluding tert-OH is 1. The van der Waals surface area contributed by atoms with Gasteiger partial charge in [0.15, 0.2) is 5.96 Å². The number of aliphatic hydroxyl groups is 1.